The predicted octanol–water partition coefficient (Wildman–Crippen LogP) is 4.28. The number of carbonyl (C=O) groups excluding carboxylic acids is 2. The molecule has 0 aliphatic rings. The van der Waals surface area contributed by atoms with Crippen molar-refractivity contribution in [2.75, 3.05) is 13.7 Å². The number of carbonyl (C=O) groups is 2. The van der Waals surface area contributed by atoms with E-state index in [2.05, 4.69) is 21.2 Å². The Bertz CT molecular complexity index is 1070. The van der Waals surface area contributed by atoms with Crippen LogP contribution in [0, 0.1) is 5.82 Å². The van der Waals surface area contributed by atoms with Crippen LogP contribution >= 0.6 is 15.9 Å². The van der Waals surface area contributed by atoms with E-state index >= 15 is 0 Å². The fraction of sp³-hybridized carbons (Fsp3) is 0.217. The molecule has 3 aromatic rings. The van der Waals surface area contributed by atoms with Crippen LogP contribution in [0.3, 0.4) is 0 Å². The van der Waals surface area contributed by atoms with Crippen molar-refractivity contribution < 1.29 is 18.7 Å². The molecule has 1 atom stereocenters. The van der Waals surface area contributed by atoms with E-state index in [0.29, 0.717) is 11.3 Å². The largest absolute Gasteiger partial charge is 0.483 e. The lowest BCUT2D eigenvalue weighted by atomic mass is 10.1. The van der Waals surface area contributed by atoms with Crippen molar-refractivity contribution in [3.05, 3.63) is 76.5 Å². The SMILES string of the molecule is CNC(=O)[C@@H](C)N(Cc1ccccc1F)C(=O)COc1ccc2ccccc2c1Br. The number of nitrogens with zero attached hydrogens (tertiary/aromatic N) is 1. The molecule has 30 heavy (non-hydrogen) atoms. The Morgan fingerprint density at radius 1 is 1.10 bits per heavy atom. The lowest BCUT2D eigenvalue weighted by Crippen LogP contribution is -2.48. The number of halogens is 2. The van der Waals surface area contributed by atoms with Crippen LogP contribution < -0.4 is 10.1 Å². The number of rotatable bonds is 7. The molecule has 0 aliphatic carbocycles. The lowest BCUT2D eigenvalue weighted by Gasteiger charge is -2.28. The van der Waals surface area contributed by atoms with E-state index in [-0.39, 0.29) is 19.1 Å². The Balaban J connectivity index is 1.80. The van der Waals surface area contributed by atoms with Gasteiger partial charge in [0, 0.05) is 19.2 Å². The first-order chi connectivity index (χ1) is 14.4. The van der Waals surface area contributed by atoms with Crippen molar-refractivity contribution in [3.63, 3.8) is 0 Å². The Morgan fingerprint density at radius 3 is 2.53 bits per heavy atom. The number of hydrogen-bond acceptors (Lipinski definition) is 3. The van der Waals surface area contributed by atoms with Crippen LogP contribution in [0.25, 0.3) is 10.8 Å². The highest BCUT2D eigenvalue weighted by molar-refractivity contribution is 9.10. The molecule has 0 aliphatic heterocycles. The quantitative estimate of drug-likeness (QED) is 0.558. The Hall–Kier alpha value is -2.93. The van der Waals surface area contributed by atoms with Crippen LogP contribution in [0.4, 0.5) is 4.39 Å². The van der Waals surface area contributed by atoms with E-state index in [1.807, 2.05) is 30.3 Å². The van der Waals surface area contributed by atoms with Gasteiger partial charge in [0.1, 0.15) is 17.6 Å². The van der Waals surface area contributed by atoms with Crippen LogP contribution in [0.2, 0.25) is 0 Å². The first kappa shape index (κ1) is 21.8. The molecular weight excluding hydrogens is 451 g/mol. The predicted molar refractivity (Wildman–Crippen MR) is 118 cm³/mol. The minimum atomic E-state index is -0.786. The van der Waals surface area contributed by atoms with Gasteiger partial charge in [-0.05, 0) is 45.8 Å². The standard InChI is InChI=1S/C23H22BrFN2O3/c1-15(23(29)26-2)27(13-17-8-4-6-10-19(17)25)21(28)14-30-20-12-11-16-7-3-5-9-18(16)22(20)24/h3-12,15H,13-14H2,1-2H3,(H,26,29)/t15-/m1/s1. The first-order valence-corrected chi connectivity index (χ1v) is 10.3. The van der Waals surface area contributed by atoms with Crippen LogP contribution in [0.1, 0.15) is 12.5 Å². The van der Waals surface area contributed by atoms with Gasteiger partial charge in [-0.15, -0.1) is 0 Å². The molecule has 0 saturated carbocycles. The molecule has 7 heteroatoms. The van der Waals surface area contributed by atoms with Gasteiger partial charge in [0.05, 0.1) is 4.47 Å². The summed E-state index contributed by atoms with van der Waals surface area (Å²) in [5, 5.41) is 4.53. The highest BCUT2D eigenvalue weighted by atomic mass is 79.9. The van der Waals surface area contributed by atoms with Gasteiger partial charge in [-0.25, -0.2) is 4.39 Å². The van der Waals surface area contributed by atoms with Crippen molar-refractivity contribution in [3.8, 4) is 5.75 Å². The van der Waals surface area contributed by atoms with Gasteiger partial charge in [-0.2, -0.15) is 0 Å². The van der Waals surface area contributed by atoms with E-state index in [1.54, 1.807) is 31.2 Å². The van der Waals surface area contributed by atoms with Crippen LogP contribution in [0.15, 0.2) is 65.1 Å². The summed E-state index contributed by atoms with van der Waals surface area (Å²) in [5.74, 6) is -0.681. The average Bonchev–Trinajstić information content (AvgIpc) is 2.77. The lowest BCUT2D eigenvalue weighted by molar-refractivity contribution is -0.142. The number of likely N-dealkylation sites (N-methyl/N-ethyl adjacent to an activating group) is 1. The van der Waals surface area contributed by atoms with Gasteiger partial charge in [0.15, 0.2) is 6.61 Å². The second-order valence-corrected chi connectivity index (χ2v) is 7.58. The summed E-state index contributed by atoms with van der Waals surface area (Å²) in [6.45, 7) is 1.28. The number of benzene rings is 3. The molecule has 0 bridgehead atoms. The van der Waals surface area contributed by atoms with Crippen molar-refractivity contribution in [2.24, 2.45) is 0 Å². The maximum absolute atomic E-state index is 14.1. The van der Waals surface area contributed by atoms with Crippen molar-refractivity contribution in [2.45, 2.75) is 19.5 Å². The van der Waals surface area contributed by atoms with E-state index < -0.39 is 17.8 Å². The highest BCUT2D eigenvalue weighted by Crippen LogP contribution is 2.33. The molecule has 0 unspecified atom stereocenters. The maximum atomic E-state index is 14.1. The van der Waals surface area contributed by atoms with Crippen LogP contribution in [-0.2, 0) is 16.1 Å². The molecular formula is C23H22BrFN2O3. The van der Waals surface area contributed by atoms with E-state index in [4.69, 9.17) is 4.74 Å². The third-order valence-electron chi connectivity index (χ3n) is 4.89. The molecule has 1 N–H and O–H groups in total. The minimum absolute atomic E-state index is 0.0393. The molecule has 3 aromatic carbocycles. The van der Waals surface area contributed by atoms with Gasteiger partial charge in [-0.1, -0.05) is 48.5 Å². The monoisotopic (exact) mass is 472 g/mol. The van der Waals surface area contributed by atoms with Crippen molar-refractivity contribution >= 4 is 38.5 Å². The molecule has 0 saturated heterocycles. The van der Waals surface area contributed by atoms with Crippen LogP contribution in [-0.4, -0.2) is 36.4 Å². The smallest absolute Gasteiger partial charge is 0.261 e. The minimum Gasteiger partial charge on any atom is -0.483 e. The van der Waals surface area contributed by atoms with E-state index in [1.165, 1.54) is 18.0 Å². The second-order valence-electron chi connectivity index (χ2n) is 6.79. The zero-order valence-corrected chi connectivity index (χ0v) is 18.3. The van der Waals surface area contributed by atoms with Crippen molar-refractivity contribution in [1.82, 2.24) is 10.2 Å². The third kappa shape index (κ3) is 4.79. The highest BCUT2D eigenvalue weighted by Gasteiger charge is 2.26. The number of ether oxygens (including phenoxy) is 1. The Labute approximate surface area is 183 Å². The van der Waals surface area contributed by atoms with Crippen molar-refractivity contribution in [1.29, 1.82) is 0 Å². The maximum Gasteiger partial charge on any atom is 0.261 e. The first-order valence-electron chi connectivity index (χ1n) is 9.47. The van der Waals surface area contributed by atoms with Gasteiger partial charge in [0.2, 0.25) is 5.91 Å². The fourth-order valence-electron chi connectivity index (χ4n) is 3.15. The molecule has 2 amide bonds. The second kappa shape index (κ2) is 9.71. The summed E-state index contributed by atoms with van der Waals surface area (Å²) in [6.07, 6.45) is 0. The number of amides is 2. The Kier molecular flexibility index (Phi) is 7.05. The molecule has 0 radical (unpaired) electrons. The Morgan fingerprint density at radius 2 is 1.80 bits per heavy atom. The normalized spacial score (nSPS) is 11.7. The van der Waals surface area contributed by atoms with Gasteiger partial charge < -0.3 is 15.0 Å². The summed E-state index contributed by atoms with van der Waals surface area (Å²) >= 11 is 3.53. The zero-order valence-electron chi connectivity index (χ0n) is 16.7. The summed E-state index contributed by atoms with van der Waals surface area (Å²) < 4.78 is 20.6. The number of hydrogen-bond donors (Lipinski definition) is 1. The number of fused-ring (bicyclic) bond motifs is 1. The molecule has 3 rings (SSSR count). The van der Waals surface area contributed by atoms with Gasteiger partial charge >= 0.3 is 0 Å². The summed E-state index contributed by atoms with van der Waals surface area (Å²) in [6, 6.07) is 16.9. The van der Waals surface area contributed by atoms with Gasteiger partial charge in [0.25, 0.3) is 5.91 Å². The average molecular weight is 473 g/mol. The molecule has 0 aromatic heterocycles. The molecule has 5 nitrogen and oxygen atoms in total. The molecule has 0 spiro atoms. The van der Waals surface area contributed by atoms with Gasteiger partial charge in [-0.3, -0.25) is 9.59 Å². The van der Waals surface area contributed by atoms with E-state index in [0.717, 1.165) is 15.2 Å². The van der Waals surface area contributed by atoms with Crippen LogP contribution in [0.5, 0.6) is 5.75 Å². The zero-order chi connectivity index (χ0) is 21.7. The third-order valence-corrected chi connectivity index (χ3v) is 5.71. The fourth-order valence-corrected chi connectivity index (χ4v) is 3.76. The number of nitrogens with one attached hydrogen (secondary N) is 1. The molecule has 0 fully saturated rings. The molecule has 156 valence electrons. The summed E-state index contributed by atoms with van der Waals surface area (Å²) in [5.41, 5.74) is 0.327. The van der Waals surface area contributed by atoms with E-state index in [9.17, 15) is 14.0 Å². The molecule has 0 heterocycles. The summed E-state index contributed by atoms with van der Waals surface area (Å²) in [7, 11) is 1.49. The summed E-state index contributed by atoms with van der Waals surface area (Å²) in [4.78, 5) is 26.4. The topological polar surface area (TPSA) is 58.6 Å².